The van der Waals surface area contributed by atoms with Gasteiger partial charge in [0.25, 0.3) is 0 Å². The highest BCUT2D eigenvalue weighted by molar-refractivity contribution is 5.79. The first kappa shape index (κ1) is 13.8. The van der Waals surface area contributed by atoms with Crippen LogP contribution in [0.5, 0.6) is 0 Å². The van der Waals surface area contributed by atoms with Crippen LogP contribution >= 0.6 is 0 Å². The van der Waals surface area contributed by atoms with Crippen molar-refractivity contribution in [3.8, 4) is 0 Å². The molecule has 2 aliphatic heterocycles. The summed E-state index contributed by atoms with van der Waals surface area (Å²) >= 11 is 0. The number of carbonyl (C=O) groups is 1. The lowest BCUT2D eigenvalue weighted by Crippen LogP contribution is -2.42. The summed E-state index contributed by atoms with van der Waals surface area (Å²) < 4.78 is 5.73. The molecule has 0 bridgehead atoms. The summed E-state index contributed by atoms with van der Waals surface area (Å²) in [5.41, 5.74) is 0. The van der Waals surface area contributed by atoms with E-state index in [2.05, 4.69) is 24.5 Å². The van der Waals surface area contributed by atoms with Gasteiger partial charge in [0.2, 0.25) is 5.91 Å². The molecule has 0 spiro atoms. The Morgan fingerprint density at radius 1 is 1.33 bits per heavy atom. The zero-order valence-corrected chi connectivity index (χ0v) is 11.7. The fraction of sp³-hybridized carbons (Fsp3) is 0.929. The molecule has 18 heavy (non-hydrogen) atoms. The minimum Gasteiger partial charge on any atom is -0.374 e. The summed E-state index contributed by atoms with van der Waals surface area (Å²) in [7, 11) is 0. The number of piperidine rings is 1. The molecule has 0 saturated carbocycles. The van der Waals surface area contributed by atoms with Crippen LogP contribution in [0.4, 0.5) is 0 Å². The third kappa shape index (κ3) is 3.04. The molecule has 2 rings (SSSR count). The molecule has 5 unspecified atom stereocenters. The highest BCUT2D eigenvalue weighted by Crippen LogP contribution is 2.32. The predicted octanol–water partition coefficient (Wildman–Crippen LogP) is 1.16. The van der Waals surface area contributed by atoms with Gasteiger partial charge >= 0.3 is 0 Å². The molecule has 2 fully saturated rings. The molecular weight excluding hydrogens is 228 g/mol. The van der Waals surface area contributed by atoms with Gasteiger partial charge in [-0.3, -0.25) is 4.79 Å². The van der Waals surface area contributed by atoms with Gasteiger partial charge in [-0.25, -0.2) is 0 Å². The van der Waals surface area contributed by atoms with E-state index >= 15 is 0 Å². The monoisotopic (exact) mass is 254 g/mol. The number of ether oxygens (including phenoxy) is 1. The predicted molar refractivity (Wildman–Crippen MR) is 71.3 cm³/mol. The average Bonchev–Trinajstić information content (AvgIpc) is 2.62. The first-order valence-corrected chi connectivity index (χ1v) is 7.23. The van der Waals surface area contributed by atoms with E-state index in [-0.39, 0.29) is 24.0 Å². The van der Waals surface area contributed by atoms with Crippen molar-refractivity contribution in [3.05, 3.63) is 0 Å². The van der Waals surface area contributed by atoms with E-state index in [4.69, 9.17) is 4.74 Å². The Kier molecular flexibility index (Phi) is 4.62. The Morgan fingerprint density at radius 3 is 2.67 bits per heavy atom. The smallest absolute Gasteiger partial charge is 0.226 e. The molecule has 4 nitrogen and oxygen atoms in total. The second kappa shape index (κ2) is 6.02. The number of hydrogen-bond acceptors (Lipinski definition) is 3. The molecule has 0 aromatic heterocycles. The van der Waals surface area contributed by atoms with Crippen molar-refractivity contribution in [2.75, 3.05) is 19.6 Å². The lowest BCUT2D eigenvalue weighted by atomic mass is 9.88. The lowest BCUT2D eigenvalue weighted by Gasteiger charge is -2.24. The van der Waals surface area contributed by atoms with E-state index in [9.17, 15) is 4.79 Å². The molecule has 2 N–H and O–H groups in total. The van der Waals surface area contributed by atoms with Gasteiger partial charge in [-0.05, 0) is 51.6 Å². The van der Waals surface area contributed by atoms with Crippen molar-refractivity contribution in [2.24, 2.45) is 17.8 Å². The lowest BCUT2D eigenvalue weighted by molar-refractivity contribution is -0.127. The van der Waals surface area contributed by atoms with Gasteiger partial charge < -0.3 is 15.4 Å². The standard InChI is InChI=1S/C14H26N2O2/c1-9-10(2)18-11(3)13(9)14(17)16-8-12-5-4-6-15-7-12/h9-13,15H,4-8H2,1-3H3,(H,16,17). The Bertz CT molecular complexity index is 290. The number of amides is 1. The molecular formula is C14H26N2O2. The van der Waals surface area contributed by atoms with Crippen molar-refractivity contribution < 1.29 is 9.53 Å². The quantitative estimate of drug-likeness (QED) is 0.794. The number of nitrogens with one attached hydrogen (secondary N) is 2. The number of rotatable bonds is 3. The molecule has 0 aliphatic carbocycles. The van der Waals surface area contributed by atoms with Crippen LogP contribution in [0, 0.1) is 17.8 Å². The summed E-state index contributed by atoms with van der Waals surface area (Å²) in [6.45, 7) is 9.12. The van der Waals surface area contributed by atoms with Crippen molar-refractivity contribution in [1.29, 1.82) is 0 Å². The van der Waals surface area contributed by atoms with Gasteiger partial charge in [0.1, 0.15) is 0 Å². The Labute approximate surface area is 110 Å². The molecule has 1 amide bonds. The van der Waals surface area contributed by atoms with Crippen LogP contribution in [-0.2, 0) is 9.53 Å². The summed E-state index contributed by atoms with van der Waals surface area (Å²) in [5.74, 6) is 1.08. The molecule has 2 heterocycles. The van der Waals surface area contributed by atoms with Crippen LogP contribution < -0.4 is 10.6 Å². The minimum absolute atomic E-state index is 0.0107. The summed E-state index contributed by atoms with van der Waals surface area (Å²) in [4.78, 5) is 12.2. The topological polar surface area (TPSA) is 50.4 Å². The zero-order chi connectivity index (χ0) is 13.1. The molecule has 0 aromatic rings. The summed E-state index contributed by atoms with van der Waals surface area (Å²) in [6, 6.07) is 0. The fourth-order valence-corrected chi connectivity index (χ4v) is 3.18. The molecule has 104 valence electrons. The fourth-order valence-electron chi connectivity index (χ4n) is 3.18. The summed E-state index contributed by atoms with van der Waals surface area (Å²) in [6.07, 6.45) is 2.67. The normalized spacial score (nSPS) is 40.7. The van der Waals surface area contributed by atoms with Crippen molar-refractivity contribution in [3.63, 3.8) is 0 Å². The molecule has 2 saturated heterocycles. The first-order chi connectivity index (χ1) is 8.59. The van der Waals surface area contributed by atoms with Gasteiger partial charge in [0, 0.05) is 6.54 Å². The summed E-state index contributed by atoms with van der Waals surface area (Å²) in [5, 5.41) is 6.49. The molecule has 4 heteroatoms. The van der Waals surface area contributed by atoms with E-state index in [1.165, 1.54) is 12.8 Å². The van der Waals surface area contributed by atoms with Crippen LogP contribution in [0.1, 0.15) is 33.6 Å². The van der Waals surface area contributed by atoms with E-state index in [1.807, 2.05) is 6.92 Å². The average molecular weight is 254 g/mol. The van der Waals surface area contributed by atoms with Crippen molar-refractivity contribution in [2.45, 2.75) is 45.8 Å². The Balaban J connectivity index is 1.80. The van der Waals surface area contributed by atoms with Gasteiger partial charge in [0.05, 0.1) is 18.1 Å². The highest BCUT2D eigenvalue weighted by Gasteiger charge is 2.41. The van der Waals surface area contributed by atoms with Crippen LogP contribution in [0.15, 0.2) is 0 Å². The van der Waals surface area contributed by atoms with Crippen LogP contribution in [0.2, 0.25) is 0 Å². The van der Waals surface area contributed by atoms with Gasteiger partial charge in [-0.2, -0.15) is 0 Å². The zero-order valence-electron chi connectivity index (χ0n) is 11.7. The molecule has 0 aromatic carbocycles. The maximum atomic E-state index is 12.2. The maximum absolute atomic E-state index is 12.2. The third-order valence-corrected chi connectivity index (χ3v) is 4.51. The van der Waals surface area contributed by atoms with E-state index in [0.717, 1.165) is 19.6 Å². The SMILES string of the molecule is CC1OC(C)C(C(=O)NCC2CCCNC2)C1C. The highest BCUT2D eigenvalue weighted by atomic mass is 16.5. The van der Waals surface area contributed by atoms with Gasteiger partial charge in [-0.15, -0.1) is 0 Å². The Morgan fingerprint density at radius 2 is 2.11 bits per heavy atom. The number of carbonyl (C=O) groups excluding carboxylic acids is 1. The van der Waals surface area contributed by atoms with E-state index in [1.54, 1.807) is 0 Å². The van der Waals surface area contributed by atoms with Gasteiger partial charge in [0.15, 0.2) is 0 Å². The first-order valence-electron chi connectivity index (χ1n) is 7.23. The third-order valence-electron chi connectivity index (χ3n) is 4.51. The second-order valence-corrected chi connectivity index (χ2v) is 5.89. The second-order valence-electron chi connectivity index (χ2n) is 5.89. The minimum atomic E-state index is 0.0107. The molecule has 5 atom stereocenters. The van der Waals surface area contributed by atoms with Crippen LogP contribution in [0.25, 0.3) is 0 Å². The van der Waals surface area contributed by atoms with Crippen LogP contribution in [-0.4, -0.2) is 37.7 Å². The molecule has 2 aliphatic rings. The molecule has 0 radical (unpaired) electrons. The maximum Gasteiger partial charge on any atom is 0.226 e. The van der Waals surface area contributed by atoms with Gasteiger partial charge in [-0.1, -0.05) is 6.92 Å². The van der Waals surface area contributed by atoms with E-state index in [0.29, 0.717) is 11.8 Å². The van der Waals surface area contributed by atoms with Crippen LogP contribution in [0.3, 0.4) is 0 Å². The number of hydrogen-bond donors (Lipinski definition) is 2. The van der Waals surface area contributed by atoms with Crippen molar-refractivity contribution in [1.82, 2.24) is 10.6 Å². The van der Waals surface area contributed by atoms with Crippen molar-refractivity contribution >= 4 is 5.91 Å². The van der Waals surface area contributed by atoms with E-state index < -0.39 is 0 Å². The Hall–Kier alpha value is -0.610. The largest absolute Gasteiger partial charge is 0.374 e.